The number of nitriles is 1. The Morgan fingerprint density at radius 2 is 1.87 bits per heavy atom. The number of hydrogen-bond acceptors (Lipinski definition) is 8. The summed E-state index contributed by atoms with van der Waals surface area (Å²) < 4.78 is 48.2. The van der Waals surface area contributed by atoms with Crippen molar-refractivity contribution < 1.29 is 37.1 Å². The topological polar surface area (TPSA) is 144 Å². The highest BCUT2D eigenvalue weighted by Gasteiger charge is 2.44. The van der Waals surface area contributed by atoms with E-state index in [-0.39, 0.29) is 22.9 Å². The largest absolute Gasteiger partial charge is 0.554 e. The maximum atomic E-state index is 13.6. The molecule has 2 aromatic carbocycles. The first-order valence-corrected chi connectivity index (χ1v) is 14.3. The van der Waals surface area contributed by atoms with Gasteiger partial charge >= 0.3 is 17.8 Å². The third kappa shape index (κ3) is 5.83. The van der Waals surface area contributed by atoms with Crippen molar-refractivity contribution in [2.24, 2.45) is 5.92 Å². The number of aromatic amines is 1. The second-order valence-electron chi connectivity index (χ2n) is 11.5. The number of methoxy groups -OCH3 is 1. The van der Waals surface area contributed by atoms with Gasteiger partial charge in [0, 0.05) is 23.4 Å². The first kappa shape index (κ1) is 31.5. The zero-order valence-corrected chi connectivity index (χ0v) is 24.6. The van der Waals surface area contributed by atoms with Crippen LogP contribution in [0.4, 0.5) is 24.8 Å². The molecule has 4 aliphatic heterocycles. The highest BCUT2D eigenvalue weighted by atomic mass is 19.4. The van der Waals surface area contributed by atoms with Crippen LogP contribution in [0, 0.1) is 17.2 Å². The van der Waals surface area contributed by atoms with Gasteiger partial charge in [-0.1, -0.05) is 12.1 Å². The molecular weight excluding hydrogens is 593 g/mol. The fraction of sp³-hybridized carbons (Fsp3) is 0.387. The van der Waals surface area contributed by atoms with Gasteiger partial charge in [-0.15, -0.1) is 5.10 Å². The second kappa shape index (κ2) is 12.2. The molecule has 236 valence electrons. The summed E-state index contributed by atoms with van der Waals surface area (Å²) in [4.78, 5) is 36.4. The molecule has 0 saturated carbocycles. The molecule has 0 amide bonds. The number of quaternary nitrogens is 1. The summed E-state index contributed by atoms with van der Waals surface area (Å²) in [6, 6.07) is 11.1. The number of allylic oxidation sites excluding steroid dienone is 1. The van der Waals surface area contributed by atoms with Crippen LogP contribution < -0.4 is 15.7 Å². The molecule has 4 aliphatic rings. The van der Waals surface area contributed by atoms with E-state index < -0.39 is 35.9 Å². The Morgan fingerprint density at radius 1 is 1.20 bits per heavy atom. The van der Waals surface area contributed by atoms with E-state index in [2.05, 4.69) is 16.3 Å². The number of carboxylic acid groups (broad SMARTS) is 1. The van der Waals surface area contributed by atoms with Crippen LogP contribution in [0.3, 0.4) is 0 Å². The Labute approximate surface area is 256 Å². The molecule has 2 bridgehead atoms. The fourth-order valence-electron chi connectivity index (χ4n) is 6.89. The van der Waals surface area contributed by atoms with Crippen molar-refractivity contribution >= 4 is 24.1 Å². The number of ether oxygens (including phenoxy) is 1. The number of esters is 1. The summed E-state index contributed by atoms with van der Waals surface area (Å²) in [5.41, 5.74) is 0.863. The molecule has 1 aromatic heterocycles. The Bertz CT molecular complexity index is 1730. The number of piperidine rings is 3. The molecule has 14 heteroatoms. The first-order chi connectivity index (χ1) is 21.5. The van der Waals surface area contributed by atoms with Crippen molar-refractivity contribution in [1.29, 1.82) is 5.26 Å². The number of H-pyrrole nitrogens is 1. The van der Waals surface area contributed by atoms with E-state index in [0.717, 1.165) is 67.0 Å². The van der Waals surface area contributed by atoms with Gasteiger partial charge in [-0.3, -0.25) is 4.90 Å². The molecule has 45 heavy (non-hydrogen) atoms. The summed E-state index contributed by atoms with van der Waals surface area (Å²) in [7, 11) is 1.22. The number of carbonyl (C=O) groups is 2. The number of nitrogens with zero attached hydrogens (tertiary/aromatic N) is 5. The van der Waals surface area contributed by atoms with E-state index in [1.54, 1.807) is 19.1 Å². The number of fused-ring (bicyclic) bond motifs is 4. The Kier molecular flexibility index (Phi) is 8.57. The van der Waals surface area contributed by atoms with Gasteiger partial charge in [0.05, 0.1) is 49.5 Å². The Balaban J connectivity index is 0.00000128. The fourth-order valence-corrected chi connectivity index (χ4v) is 6.89. The number of anilines is 2. The molecule has 0 aliphatic carbocycles. The number of hydrogen-bond donors (Lipinski definition) is 1. The quantitative estimate of drug-likeness (QED) is 0.259. The van der Waals surface area contributed by atoms with E-state index in [1.807, 2.05) is 6.07 Å². The number of alkyl halides is 3. The van der Waals surface area contributed by atoms with Crippen molar-refractivity contribution in [1.82, 2.24) is 14.8 Å². The molecule has 5 heterocycles. The van der Waals surface area contributed by atoms with Gasteiger partial charge in [0.2, 0.25) is 5.95 Å². The summed E-state index contributed by atoms with van der Waals surface area (Å²) in [6.45, 7) is 4.78. The van der Waals surface area contributed by atoms with Gasteiger partial charge < -0.3 is 19.1 Å². The number of benzene rings is 2. The lowest BCUT2D eigenvalue weighted by Gasteiger charge is -2.49. The third-order valence-electron chi connectivity index (χ3n) is 9.09. The van der Waals surface area contributed by atoms with E-state index in [4.69, 9.17) is 14.6 Å². The van der Waals surface area contributed by atoms with Crippen molar-refractivity contribution in [2.45, 2.75) is 44.9 Å². The molecule has 3 aromatic rings. The van der Waals surface area contributed by atoms with Crippen LogP contribution in [-0.4, -0.2) is 58.4 Å². The maximum Gasteiger partial charge on any atom is 0.416 e. The average molecular weight is 625 g/mol. The first-order valence-electron chi connectivity index (χ1n) is 14.3. The van der Waals surface area contributed by atoms with Crippen LogP contribution in [0.1, 0.15) is 54.5 Å². The van der Waals surface area contributed by atoms with Crippen LogP contribution in [0.25, 0.3) is 0 Å². The van der Waals surface area contributed by atoms with Crippen molar-refractivity contribution in [3.63, 3.8) is 0 Å². The molecule has 1 atom stereocenters. The van der Waals surface area contributed by atoms with Gasteiger partial charge in [-0.2, -0.15) is 18.4 Å². The standard InChI is InChI=1S/C30H29F3N6O3.CH2O2/c1-18-25(27(40)42-2)26(24-7-6-20(16-34)14-21(24)17-39-11-8-19(9-12-39)10-13-39)38-28(35-36-29(38)41)37(18)23-5-3-4-22(15-23)30(31,32)33;2-1-3/h3-7,14-15,19,26H,8-13,17H2,1-2H3;1H,(H,2,3). The molecule has 1 unspecified atom stereocenters. The molecule has 3 fully saturated rings. The zero-order valence-electron chi connectivity index (χ0n) is 24.6. The molecular formula is C31H31F3N6O5. The van der Waals surface area contributed by atoms with Crippen LogP contribution >= 0.6 is 0 Å². The summed E-state index contributed by atoms with van der Waals surface area (Å²) >= 11 is 0. The van der Waals surface area contributed by atoms with Gasteiger partial charge in [0.25, 0.3) is 0 Å². The Hall–Kier alpha value is -4.90. The number of carbonyl (C=O) groups excluding carboxylic acids is 2. The van der Waals surface area contributed by atoms with Gasteiger partial charge in [0.1, 0.15) is 12.6 Å². The molecule has 0 radical (unpaired) electrons. The SMILES string of the molecule is COC(=O)C1=C(C)N(c2cccc(C(F)(F)F)c2)c2n[nH]c(=O)n2C1c1ccc(C#N)cc1C[N+]12CCC(CC1)CC2.O=C[O-]. The Morgan fingerprint density at radius 3 is 2.47 bits per heavy atom. The monoisotopic (exact) mass is 624 g/mol. The minimum atomic E-state index is -4.60. The molecule has 7 rings (SSSR count). The van der Waals surface area contributed by atoms with Crippen LogP contribution in [0.2, 0.25) is 0 Å². The van der Waals surface area contributed by atoms with Crippen molar-refractivity contribution in [3.05, 3.63) is 86.5 Å². The van der Waals surface area contributed by atoms with Crippen molar-refractivity contribution in [2.75, 3.05) is 31.6 Å². The molecule has 11 nitrogen and oxygen atoms in total. The number of aromatic nitrogens is 3. The van der Waals surface area contributed by atoms with Crippen LogP contribution in [0.5, 0.6) is 0 Å². The molecule has 1 N–H and O–H groups in total. The summed E-state index contributed by atoms with van der Waals surface area (Å²) in [6.07, 6.45) is -1.18. The van der Waals surface area contributed by atoms with E-state index in [1.165, 1.54) is 28.7 Å². The van der Waals surface area contributed by atoms with Crippen LogP contribution in [0.15, 0.2) is 58.5 Å². The normalized spacial score (nSPS) is 22.2. The average Bonchev–Trinajstić information content (AvgIpc) is 3.41. The highest BCUT2D eigenvalue weighted by molar-refractivity contribution is 5.93. The lowest BCUT2D eigenvalue weighted by molar-refractivity contribution is -0.955. The van der Waals surface area contributed by atoms with Gasteiger partial charge in [-0.05, 0) is 68.0 Å². The van der Waals surface area contributed by atoms with E-state index in [9.17, 15) is 28.0 Å². The van der Waals surface area contributed by atoms with E-state index in [0.29, 0.717) is 17.7 Å². The summed E-state index contributed by atoms with van der Waals surface area (Å²) in [5, 5.41) is 24.6. The van der Waals surface area contributed by atoms with Gasteiger partial charge in [0.15, 0.2) is 0 Å². The smallest absolute Gasteiger partial charge is 0.416 e. The minimum absolute atomic E-state index is 0.0376. The predicted octanol–water partition coefficient (Wildman–Crippen LogP) is 3.15. The number of nitrogens with one attached hydrogen (secondary N) is 1. The third-order valence-corrected chi connectivity index (χ3v) is 9.09. The number of rotatable bonds is 5. The lowest BCUT2D eigenvalue weighted by Crippen LogP contribution is -2.57. The minimum Gasteiger partial charge on any atom is -0.554 e. The summed E-state index contributed by atoms with van der Waals surface area (Å²) in [5.74, 6) is 0.0589. The molecule has 3 saturated heterocycles. The van der Waals surface area contributed by atoms with E-state index >= 15 is 0 Å². The van der Waals surface area contributed by atoms with Crippen molar-refractivity contribution in [3.8, 4) is 6.07 Å². The highest BCUT2D eigenvalue weighted by Crippen LogP contribution is 2.44. The maximum absolute atomic E-state index is 13.6. The second-order valence-corrected chi connectivity index (χ2v) is 11.5. The lowest BCUT2D eigenvalue weighted by atomic mass is 9.84. The van der Waals surface area contributed by atoms with Gasteiger partial charge in [-0.25, -0.2) is 19.3 Å². The zero-order chi connectivity index (χ0) is 32.5. The number of halogens is 3. The predicted molar refractivity (Wildman–Crippen MR) is 152 cm³/mol. The van der Waals surface area contributed by atoms with Crippen LogP contribution in [-0.2, 0) is 27.0 Å². The molecule has 0 spiro atoms.